The molecule has 0 saturated heterocycles. The van der Waals surface area contributed by atoms with Crippen LogP contribution in [0.25, 0.3) is 22.0 Å². The van der Waals surface area contributed by atoms with E-state index in [-0.39, 0.29) is 25.4 Å². The molecule has 0 amide bonds. The number of carbonyl (C=O) groups is 1. The van der Waals surface area contributed by atoms with Gasteiger partial charge in [0.2, 0.25) is 0 Å². The number of para-hydroxylation sites is 1. The zero-order chi connectivity index (χ0) is 23.7. The molecule has 174 valence electrons. The van der Waals surface area contributed by atoms with Crippen LogP contribution in [0.1, 0.15) is 29.5 Å². The van der Waals surface area contributed by atoms with Gasteiger partial charge in [-0.15, -0.1) is 0 Å². The van der Waals surface area contributed by atoms with Crippen molar-refractivity contribution in [1.29, 1.82) is 0 Å². The number of nitrogens with zero attached hydrogens (tertiary/aromatic N) is 1. The van der Waals surface area contributed by atoms with Crippen molar-refractivity contribution in [2.45, 2.75) is 39.0 Å². The smallest absolute Gasteiger partial charge is 0.307 e. The summed E-state index contributed by atoms with van der Waals surface area (Å²) in [6, 6.07) is 18.6. The van der Waals surface area contributed by atoms with Crippen molar-refractivity contribution in [1.82, 2.24) is 4.57 Å². The lowest BCUT2D eigenvalue weighted by Crippen LogP contribution is -2.05. The second kappa shape index (κ2) is 9.31. The molecule has 1 fully saturated rings. The SMILES string of the molecule is NCc1cccc(-c2cc(COc3ccccc3CC(=O)O)cc3c2ccn3CC2CC2)c1F. The minimum Gasteiger partial charge on any atom is -0.489 e. The van der Waals surface area contributed by atoms with Crippen molar-refractivity contribution in [3.8, 4) is 16.9 Å². The van der Waals surface area contributed by atoms with Crippen molar-refractivity contribution >= 4 is 16.9 Å². The quantitative estimate of drug-likeness (QED) is 0.346. The number of carboxylic acids is 1. The Hall–Kier alpha value is -3.64. The van der Waals surface area contributed by atoms with E-state index in [2.05, 4.69) is 22.9 Å². The molecule has 0 aliphatic heterocycles. The van der Waals surface area contributed by atoms with Crippen LogP contribution in [0.15, 0.2) is 66.9 Å². The van der Waals surface area contributed by atoms with Gasteiger partial charge in [-0.1, -0.05) is 36.4 Å². The highest BCUT2D eigenvalue weighted by Crippen LogP contribution is 2.37. The molecule has 1 aliphatic carbocycles. The van der Waals surface area contributed by atoms with E-state index < -0.39 is 5.97 Å². The fourth-order valence-electron chi connectivity index (χ4n) is 4.46. The Morgan fingerprint density at radius 2 is 1.85 bits per heavy atom. The number of benzene rings is 3. The number of carboxylic acid groups (broad SMARTS) is 1. The Morgan fingerprint density at radius 1 is 1.06 bits per heavy atom. The molecule has 1 aromatic heterocycles. The largest absolute Gasteiger partial charge is 0.489 e. The van der Waals surface area contributed by atoms with E-state index in [1.807, 2.05) is 18.2 Å². The first-order valence-corrected chi connectivity index (χ1v) is 11.6. The summed E-state index contributed by atoms with van der Waals surface area (Å²) in [5, 5.41) is 10.2. The van der Waals surface area contributed by atoms with Crippen LogP contribution in [0.2, 0.25) is 0 Å². The van der Waals surface area contributed by atoms with Crippen molar-refractivity contribution < 1.29 is 19.0 Å². The lowest BCUT2D eigenvalue weighted by Gasteiger charge is -2.14. The van der Waals surface area contributed by atoms with E-state index >= 15 is 4.39 Å². The number of nitrogens with two attached hydrogens (primary N) is 1. The molecule has 34 heavy (non-hydrogen) atoms. The number of aromatic nitrogens is 1. The van der Waals surface area contributed by atoms with Crippen LogP contribution in [0, 0.1) is 11.7 Å². The van der Waals surface area contributed by atoms with E-state index in [9.17, 15) is 9.90 Å². The molecule has 1 saturated carbocycles. The second-order valence-corrected chi connectivity index (χ2v) is 8.94. The Bertz CT molecular complexity index is 1360. The van der Waals surface area contributed by atoms with E-state index in [4.69, 9.17) is 10.5 Å². The summed E-state index contributed by atoms with van der Waals surface area (Å²) in [6.07, 6.45) is 4.44. The molecule has 6 heteroatoms. The molecular formula is C28H27FN2O3. The van der Waals surface area contributed by atoms with Crippen LogP contribution >= 0.6 is 0 Å². The molecule has 0 spiro atoms. The first-order chi connectivity index (χ1) is 16.5. The summed E-state index contributed by atoms with van der Waals surface area (Å²) in [7, 11) is 0. The van der Waals surface area contributed by atoms with Crippen LogP contribution in [-0.4, -0.2) is 15.6 Å². The first kappa shape index (κ1) is 22.2. The first-order valence-electron chi connectivity index (χ1n) is 11.6. The Morgan fingerprint density at radius 3 is 2.62 bits per heavy atom. The van der Waals surface area contributed by atoms with Gasteiger partial charge in [0.1, 0.15) is 18.2 Å². The van der Waals surface area contributed by atoms with Crippen molar-refractivity contribution in [3.05, 3.63) is 89.4 Å². The Labute approximate surface area is 197 Å². The van der Waals surface area contributed by atoms with Gasteiger partial charge in [-0.2, -0.15) is 0 Å². The van der Waals surface area contributed by atoms with Gasteiger partial charge in [-0.25, -0.2) is 4.39 Å². The monoisotopic (exact) mass is 458 g/mol. The van der Waals surface area contributed by atoms with Gasteiger partial charge in [0.15, 0.2) is 0 Å². The van der Waals surface area contributed by atoms with E-state index in [1.54, 1.807) is 30.3 Å². The molecule has 0 unspecified atom stereocenters. The maximum Gasteiger partial charge on any atom is 0.307 e. The number of ether oxygens (including phenoxy) is 1. The normalized spacial score (nSPS) is 13.4. The van der Waals surface area contributed by atoms with Crippen molar-refractivity contribution in [3.63, 3.8) is 0 Å². The van der Waals surface area contributed by atoms with E-state index in [0.29, 0.717) is 28.4 Å². The van der Waals surface area contributed by atoms with Crippen molar-refractivity contribution in [2.75, 3.05) is 0 Å². The summed E-state index contributed by atoms with van der Waals surface area (Å²) >= 11 is 0. The summed E-state index contributed by atoms with van der Waals surface area (Å²) < 4.78 is 23.6. The summed E-state index contributed by atoms with van der Waals surface area (Å²) in [4.78, 5) is 11.2. The Balaban J connectivity index is 1.55. The van der Waals surface area contributed by atoms with Crippen LogP contribution in [-0.2, 0) is 30.9 Å². The number of aliphatic carboxylic acids is 1. The van der Waals surface area contributed by atoms with Crippen LogP contribution in [0.3, 0.4) is 0 Å². The predicted molar refractivity (Wildman–Crippen MR) is 130 cm³/mol. The van der Waals surface area contributed by atoms with Gasteiger partial charge in [0, 0.05) is 46.9 Å². The van der Waals surface area contributed by atoms with Gasteiger partial charge in [0.05, 0.1) is 6.42 Å². The van der Waals surface area contributed by atoms with Gasteiger partial charge < -0.3 is 20.1 Å². The fourth-order valence-corrected chi connectivity index (χ4v) is 4.46. The summed E-state index contributed by atoms with van der Waals surface area (Å²) in [5.41, 5.74) is 10.1. The number of fused-ring (bicyclic) bond motifs is 1. The third-order valence-corrected chi connectivity index (χ3v) is 6.40. The lowest BCUT2D eigenvalue weighted by atomic mass is 9.97. The predicted octanol–water partition coefficient (Wildman–Crippen LogP) is 5.52. The van der Waals surface area contributed by atoms with Crippen molar-refractivity contribution in [2.24, 2.45) is 11.7 Å². The lowest BCUT2D eigenvalue weighted by molar-refractivity contribution is -0.136. The second-order valence-electron chi connectivity index (χ2n) is 8.94. The molecule has 0 radical (unpaired) electrons. The third kappa shape index (κ3) is 4.54. The average Bonchev–Trinajstić information content (AvgIpc) is 3.56. The number of rotatable bonds is 9. The standard InChI is InChI=1S/C28H27FN2O3/c29-28-21(15-30)5-3-6-23(28)24-12-19(13-25-22(24)10-11-31(25)16-18-8-9-18)17-34-26-7-2-1-4-20(26)14-27(32)33/h1-7,10-13,18H,8-9,14-17,30H2,(H,32,33). The molecule has 5 rings (SSSR count). The van der Waals surface area contributed by atoms with Gasteiger partial charge in [-0.05, 0) is 54.2 Å². The number of hydrogen-bond acceptors (Lipinski definition) is 3. The maximum absolute atomic E-state index is 15.3. The average molecular weight is 459 g/mol. The van der Waals surface area contributed by atoms with E-state index in [0.717, 1.165) is 28.6 Å². The Kier molecular flexibility index (Phi) is 6.07. The highest BCUT2D eigenvalue weighted by molar-refractivity contribution is 5.96. The molecule has 0 bridgehead atoms. The molecule has 1 aliphatic rings. The molecular weight excluding hydrogens is 431 g/mol. The molecule has 4 aromatic rings. The van der Waals surface area contributed by atoms with Crippen LogP contribution in [0.5, 0.6) is 5.75 Å². The number of hydrogen-bond donors (Lipinski definition) is 2. The molecule has 5 nitrogen and oxygen atoms in total. The van der Waals surface area contributed by atoms with Crippen LogP contribution in [0.4, 0.5) is 4.39 Å². The zero-order valence-corrected chi connectivity index (χ0v) is 18.8. The maximum atomic E-state index is 15.3. The van der Waals surface area contributed by atoms with Gasteiger partial charge in [0.25, 0.3) is 0 Å². The minimum absolute atomic E-state index is 0.109. The van der Waals surface area contributed by atoms with Gasteiger partial charge >= 0.3 is 5.97 Å². The molecule has 3 N–H and O–H groups in total. The highest BCUT2D eigenvalue weighted by atomic mass is 19.1. The molecule has 0 atom stereocenters. The number of halogens is 1. The zero-order valence-electron chi connectivity index (χ0n) is 18.8. The summed E-state index contributed by atoms with van der Waals surface area (Å²) in [6.45, 7) is 1.32. The topological polar surface area (TPSA) is 77.5 Å². The highest BCUT2D eigenvalue weighted by Gasteiger charge is 2.23. The van der Waals surface area contributed by atoms with E-state index in [1.165, 1.54) is 12.8 Å². The summed E-state index contributed by atoms with van der Waals surface area (Å²) in [5.74, 6) is 0.0226. The van der Waals surface area contributed by atoms with Gasteiger partial charge in [-0.3, -0.25) is 4.79 Å². The fraction of sp³-hybridized carbons (Fsp3) is 0.250. The van der Waals surface area contributed by atoms with Crippen LogP contribution < -0.4 is 10.5 Å². The minimum atomic E-state index is -0.909. The molecule has 3 aromatic carbocycles. The third-order valence-electron chi connectivity index (χ3n) is 6.40. The molecule has 1 heterocycles.